The molecule has 1 unspecified atom stereocenters. The number of morpholine rings is 1. The molecule has 4 aliphatic rings. The molecular weight excluding hydrogens is 492 g/mol. The highest BCUT2D eigenvalue weighted by Gasteiger charge is 2.55. The van der Waals surface area contributed by atoms with Gasteiger partial charge in [-0.05, 0) is 46.1 Å². The zero-order chi connectivity index (χ0) is 27.1. The van der Waals surface area contributed by atoms with Crippen molar-refractivity contribution in [3.05, 3.63) is 36.0 Å². The van der Waals surface area contributed by atoms with Crippen molar-refractivity contribution in [1.29, 1.82) is 0 Å². The number of amides is 2. The Kier molecular flexibility index (Phi) is 10.00. The van der Waals surface area contributed by atoms with Crippen molar-refractivity contribution in [3.63, 3.8) is 0 Å². The van der Waals surface area contributed by atoms with Crippen LogP contribution in [0, 0.1) is 0 Å². The number of rotatable bonds is 8. The summed E-state index contributed by atoms with van der Waals surface area (Å²) in [5, 5.41) is 13.5. The first-order chi connectivity index (χ1) is 18.3. The van der Waals surface area contributed by atoms with Crippen LogP contribution in [0.2, 0.25) is 0 Å². The fraction of sp³-hybridized carbons (Fsp3) is 0.714. The molecule has 2 N–H and O–H groups in total. The van der Waals surface area contributed by atoms with Crippen molar-refractivity contribution >= 4 is 12.0 Å². The number of nitrogens with one attached hydrogen (secondary N) is 1. The normalized spacial score (nSPS) is 35.0. The van der Waals surface area contributed by atoms with Gasteiger partial charge in [-0.1, -0.05) is 23.8 Å². The zero-order valence-electron chi connectivity index (χ0n) is 22.7. The van der Waals surface area contributed by atoms with Crippen LogP contribution in [-0.2, 0) is 28.5 Å². The first-order valence-corrected chi connectivity index (χ1v) is 13.7. The summed E-state index contributed by atoms with van der Waals surface area (Å²) in [6.07, 6.45) is 10.3. The Labute approximate surface area is 224 Å². The molecule has 0 aromatic rings. The summed E-state index contributed by atoms with van der Waals surface area (Å²) >= 11 is 0. The molecule has 4 aliphatic heterocycles. The second kappa shape index (κ2) is 13.2. The molecule has 1 spiro atoms. The maximum atomic E-state index is 12.4. The van der Waals surface area contributed by atoms with Crippen molar-refractivity contribution in [2.24, 2.45) is 0 Å². The highest BCUT2D eigenvalue weighted by atomic mass is 16.6. The Hall–Kier alpha value is -2.24. The van der Waals surface area contributed by atoms with E-state index in [1.165, 1.54) is 6.08 Å². The van der Waals surface area contributed by atoms with Crippen LogP contribution in [-0.4, -0.2) is 104 Å². The fourth-order valence-corrected chi connectivity index (χ4v) is 5.01. The van der Waals surface area contributed by atoms with Gasteiger partial charge in [-0.15, -0.1) is 0 Å². The van der Waals surface area contributed by atoms with E-state index in [1.807, 2.05) is 26.0 Å². The Morgan fingerprint density at radius 3 is 2.68 bits per heavy atom. The lowest BCUT2D eigenvalue weighted by molar-refractivity contribution is -0.121. The quantitative estimate of drug-likeness (QED) is 0.277. The van der Waals surface area contributed by atoms with Crippen molar-refractivity contribution in [1.82, 2.24) is 10.2 Å². The first-order valence-electron chi connectivity index (χ1n) is 13.7. The fourth-order valence-electron chi connectivity index (χ4n) is 5.01. The van der Waals surface area contributed by atoms with Crippen LogP contribution < -0.4 is 5.32 Å². The molecule has 4 rings (SSSR count). The smallest absolute Gasteiger partial charge is 0.410 e. The average molecular weight is 535 g/mol. The van der Waals surface area contributed by atoms with Crippen LogP contribution >= 0.6 is 0 Å². The van der Waals surface area contributed by atoms with E-state index < -0.39 is 23.9 Å². The van der Waals surface area contributed by atoms with Gasteiger partial charge in [-0.25, -0.2) is 4.79 Å². The second-order valence-corrected chi connectivity index (χ2v) is 10.6. The zero-order valence-corrected chi connectivity index (χ0v) is 22.7. The topological polar surface area (TPSA) is 119 Å². The summed E-state index contributed by atoms with van der Waals surface area (Å²) in [4.78, 5) is 26.2. The van der Waals surface area contributed by atoms with Crippen LogP contribution in [0.4, 0.5) is 4.79 Å². The summed E-state index contributed by atoms with van der Waals surface area (Å²) in [6.45, 7) is 8.97. The molecule has 38 heavy (non-hydrogen) atoms. The minimum Gasteiger partial charge on any atom is -0.442 e. The van der Waals surface area contributed by atoms with Crippen molar-refractivity contribution in [3.8, 4) is 0 Å². The van der Waals surface area contributed by atoms with E-state index in [2.05, 4.69) is 11.4 Å². The van der Waals surface area contributed by atoms with Gasteiger partial charge >= 0.3 is 6.09 Å². The minimum absolute atomic E-state index is 0.0799. The highest BCUT2D eigenvalue weighted by Crippen LogP contribution is 2.40. The van der Waals surface area contributed by atoms with Gasteiger partial charge in [0.2, 0.25) is 5.91 Å². The number of aliphatic hydroxyl groups excluding tert-OH is 1. The monoisotopic (exact) mass is 534 g/mol. The molecule has 10 heteroatoms. The number of nitrogens with zero attached hydrogens (tertiary/aromatic N) is 1. The predicted octanol–water partition coefficient (Wildman–Crippen LogP) is 2.26. The number of epoxide rings is 1. The number of hydrogen-bond acceptors (Lipinski definition) is 8. The Morgan fingerprint density at radius 1 is 1.21 bits per heavy atom. The van der Waals surface area contributed by atoms with E-state index in [1.54, 1.807) is 17.9 Å². The second-order valence-electron chi connectivity index (χ2n) is 10.6. The SMILES string of the molecule is CC(/C=C/C1OCC[C@@]2(CO2)[C@@H]1O)=C\C[C@H]1CC[C@@H](NC(=O)/C=C\[C@H](C)OC(=O)N2CCOCC2)[C@@H](C)O1. The molecule has 0 bridgehead atoms. The molecule has 10 nitrogen and oxygen atoms in total. The van der Waals surface area contributed by atoms with Gasteiger partial charge in [0.05, 0.1) is 44.7 Å². The third-order valence-corrected chi connectivity index (χ3v) is 7.63. The van der Waals surface area contributed by atoms with E-state index in [4.69, 9.17) is 23.7 Å². The van der Waals surface area contributed by atoms with Crippen molar-refractivity contribution in [2.75, 3.05) is 39.5 Å². The summed E-state index contributed by atoms with van der Waals surface area (Å²) in [5.74, 6) is -0.232. The number of aliphatic hydroxyl groups is 1. The summed E-state index contributed by atoms with van der Waals surface area (Å²) in [7, 11) is 0. The predicted molar refractivity (Wildman–Crippen MR) is 140 cm³/mol. The number of allylic oxidation sites excluding steroid dienone is 2. The van der Waals surface area contributed by atoms with E-state index >= 15 is 0 Å². The van der Waals surface area contributed by atoms with Gasteiger partial charge in [0, 0.05) is 25.6 Å². The van der Waals surface area contributed by atoms with Crippen LogP contribution in [0.1, 0.15) is 46.5 Å². The third-order valence-electron chi connectivity index (χ3n) is 7.63. The molecule has 7 atom stereocenters. The van der Waals surface area contributed by atoms with E-state index in [0.717, 1.165) is 31.3 Å². The van der Waals surface area contributed by atoms with Gasteiger partial charge in [0.1, 0.15) is 23.9 Å². The van der Waals surface area contributed by atoms with E-state index in [9.17, 15) is 14.7 Å². The molecule has 212 valence electrons. The van der Waals surface area contributed by atoms with Gasteiger partial charge in [0.25, 0.3) is 0 Å². The van der Waals surface area contributed by atoms with E-state index in [-0.39, 0.29) is 30.3 Å². The average Bonchev–Trinajstić information content (AvgIpc) is 3.69. The highest BCUT2D eigenvalue weighted by molar-refractivity contribution is 5.87. The summed E-state index contributed by atoms with van der Waals surface area (Å²) in [6, 6.07) is -0.0820. The lowest BCUT2D eigenvalue weighted by Crippen LogP contribution is -2.47. The lowest BCUT2D eigenvalue weighted by Gasteiger charge is -2.34. The third kappa shape index (κ3) is 7.89. The minimum atomic E-state index is -0.627. The molecule has 0 aliphatic carbocycles. The maximum Gasteiger partial charge on any atom is 0.410 e. The molecule has 2 amide bonds. The Bertz CT molecular complexity index is 909. The van der Waals surface area contributed by atoms with Crippen molar-refractivity contribution in [2.45, 2.75) is 88.6 Å². The van der Waals surface area contributed by atoms with Gasteiger partial charge < -0.3 is 39.0 Å². The molecule has 0 aromatic heterocycles. The molecule has 0 aromatic carbocycles. The van der Waals surface area contributed by atoms with Crippen molar-refractivity contribution < 1.29 is 38.4 Å². The first kappa shape index (κ1) is 28.8. The van der Waals surface area contributed by atoms with Gasteiger partial charge in [-0.2, -0.15) is 0 Å². The standard InChI is InChI=1S/C28H42N2O8/c1-19(5-10-24-26(32)28(18-36-28)12-15-35-24)4-7-22-8-9-23(21(3)38-22)29-25(31)11-6-20(2)37-27(33)30-13-16-34-17-14-30/h4-6,10-11,20-24,26,32H,7-9,12-18H2,1-3H3,(H,29,31)/b10-5+,11-6-,19-4+/t20-,21+,22-,23+,24?,26+,28+/m0/s1. The van der Waals surface area contributed by atoms with Gasteiger partial charge in [0.15, 0.2) is 0 Å². The molecule has 0 saturated carbocycles. The Morgan fingerprint density at radius 2 is 1.97 bits per heavy atom. The molecular formula is C28H42N2O8. The Balaban J connectivity index is 1.15. The van der Waals surface area contributed by atoms with Gasteiger partial charge in [-0.3, -0.25) is 4.79 Å². The number of hydrogen-bond donors (Lipinski definition) is 2. The van der Waals surface area contributed by atoms with Crippen LogP contribution in [0.15, 0.2) is 36.0 Å². The largest absolute Gasteiger partial charge is 0.442 e. The molecule has 4 heterocycles. The summed E-state index contributed by atoms with van der Waals surface area (Å²) < 4.78 is 28.0. The maximum absolute atomic E-state index is 12.4. The molecule has 0 radical (unpaired) electrons. The number of carbonyl (C=O) groups excluding carboxylic acids is 2. The van der Waals surface area contributed by atoms with Crippen LogP contribution in [0.5, 0.6) is 0 Å². The summed E-state index contributed by atoms with van der Waals surface area (Å²) in [5.41, 5.74) is 0.685. The number of ether oxygens (including phenoxy) is 5. The number of carbonyl (C=O) groups is 2. The van der Waals surface area contributed by atoms with E-state index in [0.29, 0.717) is 39.5 Å². The van der Waals surface area contributed by atoms with Crippen LogP contribution in [0.25, 0.3) is 0 Å². The molecule has 4 saturated heterocycles. The van der Waals surface area contributed by atoms with Crippen LogP contribution in [0.3, 0.4) is 0 Å². The molecule has 4 fully saturated rings. The lowest BCUT2D eigenvalue weighted by atomic mass is 9.92.